The van der Waals surface area contributed by atoms with E-state index < -0.39 is 11.7 Å². The molecule has 1 heterocycles. The monoisotopic (exact) mass is 465 g/mol. The molecule has 0 saturated carbocycles. The highest BCUT2D eigenvalue weighted by Crippen LogP contribution is 2.32. The maximum absolute atomic E-state index is 13.0. The Kier molecular flexibility index (Phi) is 6.40. The number of ether oxygens (including phenoxy) is 1. The van der Waals surface area contributed by atoms with Crippen LogP contribution in [0.25, 0.3) is 22.5 Å². The van der Waals surface area contributed by atoms with Crippen LogP contribution in [0, 0.1) is 0 Å². The fourth-order valence-corrected chi connectivity index (χ4v) is 3.55. The third-order valence-electron chi connectivity index (χ3n) is 5.46. The molecule has 34 heavy (non-hydrogen) atoms. The Balaban J connectivity index is 1.47. The number of halogens is 3. The number of aromatic nitrogens is 2. The number of nitrogens with zero attached hydrogens (tertiary/aromatic N) is 1. The molecule has 3 aromatic carbocycles. The molecule has 1 amide bonds. The number of nitrogens with one attached hydrogen (secondary N) is 2. The van der Waals surface area contributed by atoms with Crippen molar-refractivity contribution in [3.8, 4) is 28.3 Å². The summed E-state index contributed by atoms with van der Waals surface area (Å²) >= 11 is 0. The molecule has 0 fully saturated rings. The van der Waals surface area contributed by atoms with E-state index in [0.717, 1.165) is 23.3 Å². The van der Waals surface area contributed by atoms with Gasteiger partial charge in [-0.15, -0.1) is 0 Å². The third-order valence-corrected chi connectivity index (χ3v) is 5.46. The maximum Gasteiger partial charge on any atom is 0.416 e. The Morgan fingerprint density at radius 1 is 0.971 bits per heavy atom. The number of H-pyrrole nitrogens is 1. The second-order valence-electron chi connectivity index (χ2n) is 7.79. The lowest BCUT2D eigenvalue weighted by molar-refractivity contribution is -0.137. The van der Waals surface area contributed by atoms with E-state index in [9.17, 15) is 18.0 Å². The molecule has 2 N–H and O–H groups in total. The quantitative estimate of drug-likeness (QED) is 0.353. The summed E-state index contributed by atoms with van der Waals surface area (Å²) in [6.45, 7) is 1.89. The van der Waals surface area contributed by atoms with Crippen LogP contribution >= 0.6 is 0 Å². The predicted octanol–water partition coefficient (Wildman–Crippen LogP) is 6.26. The van der Waals surface area contributed by atoms with Gasteiger partial charge in [-0.25, -0.2) is 0 Å². The number of alkyl halides is 3. The number of benzene rings is 3. The molecule has 0 aliphatic rings. The van der Waals surface area contributed by atoms with Gasteiger partial charge in [-0.1, -0.05) is 36.4 Å². The minimum Gasteiger partial charge on any atom is -0.497 e. The summed E-state index contributed by atoms with van der Waals surface area (Å²) in [4.78, 5) is 12.7. The highest BCUT2D eigenvalue weighted by Gasteiger charge is 2.30. The van der Waals surface area contributed by atoms with Gasteiger partial charge in [-0.2, -0.15) is 18.3 Å². The molecular weight excluding hydrogens is 443 g/mol. The van der Waals surface area contributed by atoms with Gasteiger partial charge in [-0.05, 0) is 60.5 Å². The van der Waals surface area contributed by atoms with Crippen LogP contribution in [0.3, 0.4) is 0 Å². The number of aromatic amines is 1. The zero-order valence-corrected chi connectivity index (χ0v) is 18.5. The highest BCUT2D eigenvalue weighted by molar-refractivity contribution is 5.95. The summed E-state index contributed by atoms with van der Waals surface area (Å²) < 4.78 is 44.2. The van der Waals surface area contributed by atoms with E-state index in [4.69, 9.17) is 4.74 Å². The van der Waals surface area contributed by atoms with E-state index in [2.05, 4.69) is 15.5 Å². The van der Waals surface area contributed by atoms with Gasteiger partial charge < -0.3 is 10.1 Å². The summed E-state index contributed by atoms with van der Waals surface area (Å²) in [5.74, 6) is 0.489. The molecule has 4 rings (SSSR count). The van der Waals surface area contributed by atoms with E-state index in [1.165, 1.54) is 6.07 Å². The Hall–Kier alpha value is -4.07. The van der Waals surface area contributed by atoms with Gasteiger partial charge in [0.25, 0.3) is 5.91 Å². The van der Waals surface area contributed by atoms with Crippen LogP contribution < -0.4 is 10.1 Å². The van der Waals surface area contributed by atoms with Crippen molar-refractivity contribution in [2.75, 3.05) is 7.11 Å². The number of amides is 1. The first-order chi connectivity index (χ1) is 16.2. The van der Waals surface area contributed by atoms with Crippen LogP contribution in [0.4, 0.5) is 13.2 Å². The first-order valence-corrected chi connectivity index (χ1v) is 10.5. The normalized spacial score (nSPS) is 12.3. The van der Waals surface area contributed by atoms with Crippen LogP contribution in [-0.2, 0) is 6.18 Å². The molecule has 0 aliphatic carbocycles. The summed E-state index contributed by atoms with van der Waals surface area (Å²) in [5.41, 5.74) is 2.82. The van der Waals surface area contributed by atoms with Crippen LogP contribution in [0.1, 0.15) is 34.5 Å². The highest BCUT2D eigenvalue weighted by atomic mass is 19.4. The van der Waals surface area contributed by atoms with E-state index in [1.807, 2.05) is 31.2 Å². The van der Waals surface area contributed by atoms with Crippen LogP contribution in [0.15, 0.2) is 78.9 Å². The van der Waals surface area contributed by atoms with E-state index >= 15 is 0 Å². The first-order valence-electron chi connectivity index (χ1n) is 10.5. The number of rotatable bonds is 6. The molecule has 8 heteroatoms. The third kappa shape index (κ3) is 5.11. The second-order valence-corrected chi connectivity index (χ2v) is 7.79. The minimum atomic E-state index is -4.42. The fraction of sp³-hybridized carbons (Fsp3) is 0.154. The summed E-state index contributed by atoms with van der Waals surface area (Å²) in [6, 6.07) is 20.9. The van der Waals surface area contributed by atoms with Gasteiger partial charge in [0.05, 0.1) is 30.1 Å². The number of hydrogen-bond acceptors (Lipinski definition) is 3. The van der Waals surface area contributed by atoms with Crippen molar-refractivity contribution in [2.24, 2.45) is 0 Å². The number of hydrogen-bond donors (Lipinski definition) is 2. The molecule has 0 saturated heterocycles. The SMILES string of the molecule is COc1cccc([C@@H](C)NC(=O)c2ccc(-c3cc(-c4cccc(C(F)(F)F)c4)n[nH]3)cc2)c1. The zero-order valence-electron chi connectivity index (χ0n) is 18.5. The second kappa shape index (κ2) is 9.43. The molecule has 1 atom stereocenters. The zero-order chi connectivity index (χ0) is 24.3. The number of carbonyl (C=O) groups is 1. The van der Waals surface area contributed by atoms with Crippen molar-refractivity contribution in [1.82, 2.24) is 15.5 Å². The van der Waals surface area contributed by atoms with Crippen LogP contribution in [0.2, 0.25) is 0 Å². The van der Waals surface area contributed by atoms with Gasteiger partial charge in [0.2, 0.25) is 0 Å². The average molecular weight is 465 g/mol. The minimum absolute atomic E-state index is 0.218. The standard InChI is InChI=1S/C26H22F3N3O2/c1-16(19-5-4-8-22(14-19)34-2)30-25(33)18-11-9-17(10-12-18)23-15-24(32-31-23)20-6-3-7-21(13-20)26(27,28)29/h3-16H,1-2H3,(H,30,33)(H,31,32)/t16-/m1/s1. The largest absolute Gasteiger partial charge is 0.497 e. The molecule has 0 aliphatic heterocycles. The van der Waals surface area contributed by atoms with Crippen molar-refractivity contribution in [1.29, 1.82) is 0 Å². The predicted molar refractivity (Wildman–Crippen MR) is 123 cm³/mol. The van der Waals surface area contributed by atoms with Crippen molar-refractivity contribution >= 4 is 5.91 Å². The Labute approximate surface area is 194 Å². The molecule has 1 aromatic heterocycles. The Morgan fingerprint density at radius 3 is 2.41 bits per heavy atom. The fourth-order valence-electron chi connectivity index (χ4n) is 3.55. The molecule has 0 radical (unpaired) electrons. The lowest BCUT2D eigenvalue weighted by atomic mass is 10.0. The molecule has 0 unspecified atom stereocenters. The van der Waals surface area contributed by atoms with Gasteiger partial charge in [0.15, 0.2) is 0 Å². The topological polar surface area (TPSA) is 67.0 Å². The maximum atomic E-state index is 13.0. The number of methoxy groups -OCH3 is 1. The summed E-state index contributed by atoms with van der Waals surface area (Å²) in [7, 11) is 1.59. The van der Waals surface area contributed by atoms with Crippen molar-refractivity contribution in [3.05, 3.63) is 95.6 Å². The van der Waals surface area contributed by atoms with E-state index in [0.29, 0.717) is 28.3 Å². The Morgan fingerprint density at radius 2 is 1.71 bits per heavy atom. The lowest BCUT2D eigenvalue weighted by Gasteiger charge is -2.15. The van der Waals surface area contributed by atoms with Gasteiger partial charge in [0, 0.05) is 11.1 Å². The van der Waals surface area contributed by atoms with Crippen molar-refractivity contribution < 1.29 is 22.7 Å². The molecule has 4 aromatic rings. The molecule has 0 spiro atoms. The van der Waals surface area contributed by atoms with Gasteiger partial charge in [0.1, 0.15) is 5.75 Å². The number of carbonyl (C=O) groups excluding carboxylic acids is 1. The van der Waals surface area contributed by atoms with Gasteiger partial charge >= 0.3 is 6.18 Å². The average Bonchev–Trinajstić information content (AvgIpc) is 3.34. The molecular formula is C26H22F3N3O2. The lowest BCUT2D eigenvalue weighted by Crippen LogP contribution is -2.26. The van der Waals surface area contributed by atoms with Gasteiger partial charge in [-0.3, -0.25) is 9.89 Å². The molecule has 5 nitrogen and oxygen atoms in total. The molecule has 174 valence electrons. The van der Waals surface area contributed by atoms with E-state index in [1.54, 1.807) is 43.5 Å². The first kappa shape index (κ1) is 23.1. The van der Waals surface area contributed by atoms with Crippen LogP contribution in [0.5, 0.6) is 5.75 Å². The van der Waals surface area contributed by atoms with Crippen molar-refractivity contribution in [2.45, 2.75) is 19.1 Å². The Bertz CT molecular complexity index is 1300. The van der Waals surface area contributed by atoms with Crippen LogP contribution in [-0.4, -0.2) is 23.2 Å². The van der Waals surface area contributed by atoms with E-state index in [-0.39, 0.29) is 11.9 Å². The smallest absolute Gasteiger partial charge is 0.416 e. The molecule has 0 bridgehead atoms. The van der Waals surface area contributed by atoms with Crippen molar-refractivity contribution in [3.63, 3.8) is 0 Å². The summed E-state index contributed by atoms with van der Waals surface area (Å²) in [6.07, 6.45) is -4.42. The summed E-state index contributed by atoms with van der Waals surface area (Å²) in [5, 5.41) is 9.96.